The number of hydrogen-bond acceptors (Lipinski definition) is 5. The van der Waals surface area contributed by atoms with E-state index in [2.05, 4.69) is 32.7 Å². The van der Waals surface area contributed by atoms with Crippen LogP contribution in [0.15, 0.2) is 67.0 Å². The molecule has 0 unspecified atom stereocenters. The van der Waals surface area contributed by atoms with E-state index in [9.17, 15) is 4.79 Å². The van der Waals surface area contributed by atoms with E-state index in [1.807, 2.05) is 24.3 Å². The van der Waals surface area contributed by atoms with Crippen molar-refractivity contribution in [1.82, 2.24) is 9.97 Å². The molecule has 1 amide bonds. The van der Waals surface area contributed by atoms with Crippen LogP contribution in [0, 0.1) is 11.3 Å². The van der Waals surface area contributed by atoms with Gasteiger partial charge in [-0.3, -0.25) is 4.79 Å². The number of nitrogens with zero attached hydrogens (tertiary/aromatic N) is 3. The molecule has 6 nitrogen and oxygen atoms in total. The zero-order chi connectivity index (χ0) is 18.2. The van der Waals surface area contributed by atoms with Crippen molar-refractivity contribution in [2.24, 2.45) is 0 Å². The second-order valence-corrected chi connectivity index (χ2v) is 5.60. The van der Waals surface area contributed by atoms with Crippen LogP contribution in [0.4, 0.5) is 11.6 Å². The molecule has 0 spiro atoms. The molecule has 0 bridgehead atoms. The van der Waals surface area contributed by atoms with Crippen LogP contribution in [-0.2, 0) is 6.42 Å². The molecule has 0 aliphatic rings. The first kappa shape index (κ1) is 17.1. The van der Waals surface area contributed by atoms with E-state index in [4.69, 9.17) is 5.26 Å². The number of carbonyl (C=O) groups is 1. The summed E-state index contributed by atoms with van der Waals surface area (Å²) in [6, 6.07) is 18.8. The highest BCUT2D eigenvalue weighted by atomic mass is 16.1. The van der Waals surface area contributed by atoms with Gasteiger partial charge in [0.15, 0.2) is 0 Å². The minimum Gasteiger partial charge on any atom is -0.354 e. The summed E-state index contributed by atoms with van der Waals surface area (Å²) in [5.74, 6) is 0.182. The number of nitriles is 1. The van der Waals surface area contributed by atoms with E-state index in [1.165, 1.54) is 18.0 Å². The van der Waals surface area contributed by atoms with E-state index >= 15 is 0 Å². The highest BCUT2D eigenvalue weighted by Gasteiger charge is 2.08. The maximum absolute atomic E-state index is 12.2. The number of aromatic nitrogens is 2. The minimum absolute atomic E-state index is 0.300. The summed E-state index contributed by atoms with van der Waals surface area (Å²) in [7, 11) is 0. The molecule has 3 aromatic rings. The lowest BCUT2D eigenvalue weighted by atomic mass is 10.1. The molecule has 0 aliphatic heterocycles. The van der Waals surface area contributed by atoms with Gasteiger partial charge in [-0.15, -0.1) is 0 Å². The molecule has 0 radical (unpaired) electrons. The Morgan fingerprint density at radius 3 is 2.35 bits per heavy atom. The van der Waals surface area contributed by atoms with Gasteiger partial charge >= 0.3 is 0 Å². The Kier molecular flexibility index (Phi) is 5.53. The molecule has 6 heteroatoms. The van der Waals surface area contributed by atoms with E-state index in [0.29, 0.717) is 29.3 Å². The highest BCUT2D eigenvalue weighted by molar-refractivity contribution is 6.03. The van der Waals surface area contributed by atoms with Crippen molar-refractivity contribution in [3.8, 4) is 6.07 Å². The van der Waals surface area contributed by atoms with Crippen LogP contribution in [0.2, 0.25) is 0 Å². The van der Waals surface area contributed by atoms with E-state index < -0.39 is 0 Å². The van der Waals surface area contributed by atoms with Crippen LogP contribution < -0.4 is 10.6 Å². The van der Waals surface area contributed by atoms with Crippen molar-refractivity contribution in [2.45, 2.75) is 6.42 Å². The van der Waals surface area contributed by atoms with Gasteiger partial charge in [0.25, 0.3) is 5.91 Å². The monoisotopic (exact) mass is 343 g/mol. The first-order valence-electron chi connectivity index (χ1n) is 8.16. The molecule has 2 N–H and O–H groups in total. The summed E-state index contributed by atoms with van der Waals surface area (Å²) in [6.07, 6.45) is 3.83. The highest BCUT2D eigenvalue weighted by Crippen LogP contribution is 2.11. The largest absolute Gasteiger partial charge is 0.354 e. The molecule has 0 saturated carbocycles. The van der Waals surface area contributed by atoms with Crippen LogP contribution in [0.5, 0.6) is 0 Å². The summed E-state index contributed by atoms with van der Waals surface area (Å²) in [5, 5.41) is 14.7. The maximum atomic E-state index is 12.2. The Balaban J connectivity index is 1.53. The first-order chi connectivity index (χ1) is 12.7. The van der Waals surface area contributed by atoms with Gasteiger partial charge in [-0.25, -0.2) is 9.97 Å². The number of nitrogens with one attached hydrogen (secondary N) is 2. The zero-order valence-electron chi connectivity index (χ0n) is 14.0. The van der Waals surface area contributed by atoms with Crippen LogP contribution in [-0.4, -0.2) is 22.4 Å². The lowest BCUT2D eigenvalue weighted by Gasteiger charge is -2.07. The second-order valence-electron chi connectivity index (χ2n) is 5.60. The number of anilines is 2. The number of amides is 1. The van der Waals surface area contributed by atoms with Gasteiger partial charge in [-0.05, 0) is 36.2 Å². The molecule has 0 fully saturated rings. The number of rotatable bonds is 6. The molecule has 128 valence electrons. The normalized spacial score (nSPS) is 9.96. The average Bonchev–Trinajstić information content (AvgIpc) is 2.70. The molecule has 0 saturated heterocycles. The second kappa shape index (κ2) is 8.40. The van der Waals surface area contributed by atoms with Crippen molar-refractivity contribution in [2.75, 3.05) is 17.2 Å². The summed E-state index contributed by atoms with van der Waals surface area (Å²) >= 11 is 0. The quantitative estimate of drug-likeness (QED) is 0.717. The van der Waals surface area contributed by atoms with Gasteiger partial charge in [0.05, 0.1) is 17.2 Å². The third-order valence-corrected chi connectivity index (χ3v) is 3.73. The van der Waals surface area contributed by atoms with Crippen molar-refractivity contribution in [3.05, 3.63) is 83.7 Å². The van der Waals surface area contributed by atoms with Gasteiger partial charge in [-0.1, -0.05) is 30.3 Å². The van der Waals surface area contributed by atoms with Crippen LogP contribution in [0.25, 0.3) is 0 Å². The summed E-state index contributed by atoms with van der Waals surface area (Å²) in [6.45, 7) is 0.709. The Morgan fingerprint density at radius 1 is 1.00 bits per heavy atom. The molecule has 1 aromatic heterocycles. The minimum atomic E-state index is -0.300. The predicted octanol–water partition coefficient (Wildman–Crippen LogP) is 3.26. The molecular formula is C20H17N5O. The van der Waals surface area contributed by atoms with Gasteiger partial charge in [0, 0.05) is 24.6 Å². The van der Waals surface area contributed by atoms with Gasteiger partial charge in [-0.2, -0.15) is 5.26 Å². The van der Waals surface area contributed by atoms with Crippen LogP contribution in [0.3, 0.4) is 0 Å². The Hall–Kier alpha value is -3.72. The van der Waals surface area contributed by atoms with Crippen molar-refractivity contribution < 1.29 is 4.79 Å². The summed E-state index contributed by atoms with van der Waals surface area (Å²) < 4.78 is 0. The SMILES string of the molecule is N#Cc1ccc(NC(=O)c2cnc(NCCc3ccccc3)nc2)cc1. The molecule has 2 aromatic carbocycles. The van der Waals surface area contributed by atoms with E-state index in [1.54, 1.807) is 24.3 Å². The fraction of sp³-hybridized carbons (Fsp3) is 0.100. The first-order valence-corrected chi connectivity index (χ1v) is 8.16. The Labute approximate surface area is 151 Å². The number of carbonyl (C=O) groups excluding carboxylic acids is 1. The van der Waals surface area contributed by atoms with Gasteiger partial charge in [0.1, 0.15) is 0 Å². The topological polar surface area (TPSA) is 90.7 Å². The van der Waals surface area contributed by atoms with Gasteiger partial charge < -0.3 is 10.6 Å². The molecule has 0 atom stereocenters. The third kappa shape index (κ3) is 4.65. The molecule has 0 aliphatic carbocycles. The third-order valence-electron chi connectivity index (χ3n) is 3.73. The van der Waals surface area contributed by atoms with Crippen LogP contribution >= 0.6 is 0 Å². The Morgan fingerprint density at radius 2 is 1.69 bits per heavy atom. The van der Waals surface area contributed by atoms with Crippen molar-refractivity contribution in [3.63, 3.8) is 0 Å². The smallest absolute Gasteiger partial charge is 0.258 e. The fourth-order valence-corrected chi connectivity index (χ4v) is 2.33. The number of hydrogen-bond donors (Lipinski definition) is 2. The van der Waals surface area contributed by atoms with Crippen molar-refractivity contribution >= 4 is 17.5 Å². The summed E-state index contributed by atoms with van der Waals surface area (Å²) in [5.41, 5.74) is 2.75. The molecule has 26 heavy (non-hydrogen) atoms. The fourth-order valence-electron chi connectivity index (χ4n) is 2.33. The van der Waals surface area contributed by atoms with Crippen LogP contribution in [0.1, 0.15) is 21.5 Å². The Bertz CT molecular complexity index is 900. The zero-order valence-corrected chi connectivity index (χ0v) is 14.0. The molecular weight excluding hydrogens is 326 g/mol. The average molecular weight is 343 g/mol. The predicted molar refractivity (Wildman–Crippen MR) is 99.8 cm³/mol. The molecule has 3 rings (SSSR count). The van der Waals surface area contributed by atoms with Crippen molar-refractivity contribution in [1.29, 1.82) is 5.26 Å². The standard InChI is InChI=1S/C20H17N5O/c21-12-16-6-8-18(9-7-16)25-19(26)17-13-23-20(24-14-17)22-11-10-15-4-2-1-3-5-15/h1-9,13-14H,10-11H2,(H,25,26)(H,22,23,24). The maximum Gasteiger partial charge on any atom is 0.258 e. The summed E-state index contributed by atoms with van der Waals surface area (Å²) in [4.78, 5) is 20.6. The molecule has 1 heterocycles. The van der Waals surface area contributed by atoms with E-state index in [0.717, 1.165) is 6.42 Å². The lowest BCUT2D eigenvalue weighted by molar-refractivity contribution is 0.102. The number of benzene rings is 2. The van der Waals surface area contributed by atoms with Gasteiger partial charge in [0.2, 0.25) is 5.95 Å². The van der Waals surface area contributed by atoms with E-state index in [-0.39, 0.29) is 5.91 Å². The lowest BCUT2D eigenvalue weighted by Crippen LogP contribution is -2.14.